The van der Waals surface area contributed by atoms with Crippen LogP contribution in [0.5, 0.6) is 5.75 Å². The van der Waals surface area contributed by atoms with Gasteiger partial charge in [-0.25, -0.2) is 0 Å². The molecule has 1 aromatic carbocycles. The highest BCUT2D eigenvalue weighted by atomic mass is 35.5. The van der Waals surface area contributed by atoms with Crippen LogP contribution in [0.4, 0.5) is 0 Å². The van der Waals surface area contributed by atoms with E-state index in [2.05, 4.69) is 4.98 Å². The standard InChI is InChI=1S/C16H18ClN3O3/c1-19(2)14(21)9-20(3)15(22)10-23-13-7-6-12(17)11-5-4-8-18-16(11)13/h4-8H,9-10H2,1-3H3. The minimum Gasteiger partial charge on any atom is -0.481 e. The Kier molecular flexibility index (Phi) is 5.39. The van der Waals surface area contributed by atoms with E-state index in [1.807, 2.05) is 6.07 Å². The highest BCUT2D eigenvalue weighted by Gasteiger charge is 2.15. The normalized spacial score (nSPS) is 10.4. The molecular weight excluding hydrogens is 318 g/mol. The van der Waals surface area contributed by atoms with E-state index >= 15 is 0 Å². The van der Waals surface area contributed by atoms with Gasteiger partial charge in [-0.3, -0.25) is 14.6 Å². The van der Waals surface area contributed by atoms with Gasteiger partial charge in [0.15, 0.2) is 6.61 Å². The number of rotatable bonds is 5. The Balaban J connectivity index is 2.05. The van der Waals surface area contributed by atoms with Gasteiger partial charge in [0.1, 0.15) is 11.3 Å². The van der Waals surface area contributed by atoms with Crippen LogP contribution in [0, 0.1) is 0 Å². The van der Waals surface area contributed by atoms with Gasteiger partial charge < -0.3 is 14.5 Å². The summed E-state index contributed by atoms with van der Waals surface area (Å²) in [5.41, 5.74) is 0.597. The van der Waals surface area contributed by atoms with Gasteiger partial charge in [-0.15, -0.1) is 0 Å². The van der Waals surface area contributed by atoms with Crippen molar-refractivity contribution in [3.05, 3.63) is 35.5 Å². The van der Waals surface area contributed by atoms with Gasteiger partial charge in [0, 0.05) is 32.7 Å². The molecule has 0 aliphatic heterocycles. The molecule has 0 aliphatic rings. The quantitative estimate of drug-likeness (QED) is 0.836. The maximum absolute atomic E-state index is 12.1. The van der Waals surface area contributed by atoms with E-state index in [1.165, 1.54) is 9.80 Å². The van der Waals surface area contributed by atoms with Crippen LogP contribution < -0.4 is 4.74 Å². The lowest BCUT2D eigenvalue weighted by molar-refractivity contribution is -0.139. The molecule has 122 valence electrons. The van der Waals surface area contributed by atoms with Crippen molar-refractivity contribution in [3.8, 4) is 5.75 Å². The summed E-state index contributed by atoms with van der Waals surface area (Å²) in [6.07, 6.45) is 1.63. The SMILES string of the molecule is CN(C)C(=O)CN(C)C(=O)COc1ccc(Cl)c2cccnc12. The van der Waals surface area contributed by atoms with E-state index in [4.69, 9.17) is 16.3 Å². The fourth-order valence-electron chi connectivity index (χ4n) is 1.91. The Morgan fingerprint density at radius 3 is 2.61 bits per heavy atom. The van der Waals surface area contributed by atoms with Gasteiger partial charge in [-0.2, -0.15) is 0 Å². The Labute approximate surface area is 139 Å². The Bertz CT molecular complexity index is 734. The van der Waals surface area contributed by atoms with E-state index in [0.717, 1.165) is 5.39 Å². The van der Waals surface area contributed by atoms with Crippen LogP contribution in [0.25, 0.3) is 10.9 Å². The average Bonchev–Trinajstić information content (AvgIpc) is 2.54. The summed E-state index contributed by atoms with van der Waals surface area (Å²) >= 11 is 6.12. The second kappa shape index (κ2) is 7.28. The third-order valence-electron chi connectivity index (χ3n) is 3.33. The minimum atomic E-state index is -0.292. The molecule has 0 aliphatic carbocycles. The maximum Gasteiger partial charge on any atom is 0.260 e. The zero-order valence-corrected chi connectivity index (χ0v) is 14.0. The van der Waals surface area contributed by atoms with E-state index in [1.54, 1.807) is 45.5 Å². The number of carbonyl (C=O) groups is 2. The molecule has 0 saturated heterocycles. The smallest absolute Gasteiger partial charge is 0.260 e. The summed E-state index contributed by atoms with van der Waals surface area (Å²) in [5, 5.41) is 1.33. The summed E-state index contributed by atoms with van der Waals surface area (Å²) in [4.78, 5) is 30.7. The highest BCUT2D eigenvalue weighted by Crippen LogP contribution is 2.29. The lowest BCUT2D eigenvalue weighted by atomic mass is 10.2. The van der Waals surface area contributed by atoms with Crippen molar-refractivity contribution in [1.29, 1.82) is 0 Å². The molecule has 7 heteroatoms. The summed E-state index contributed by atoms with van der Waals surface area (Å²) in [7, 11) is 4.84. The van der Waals surface area contributed by atoms with Crippen molar-refractivity contribution in [1.82, 2.24) is 14.8 Å². The van der Waals surface area contributed by atoms with Gasteiger partial charge in [0.05, 0.1) is 11.6 Å². The highest BCUT2D eigenvalue weighted by molar-refractivity contribution is 6.35. The van der Waals surface area contributed by atoms with E-state index in [-0.39, 0.29) is 25.0 Å². The van der Waals surface area contributed by atoms with Crippen LogP contribution in [-0.2, 0) is 9.59 Å². The predicted octanol–water partition coefficient (Wildman–Crippen LogP) is 1.81. The molecule has 0 spiro atoms. The molecule has 2 rings (SSSR count). The second-order valence-corrected chi connectivity index (χ2v) is 5.68. The molecule has 0 saturated carbocycles. The van der Waals surface area contributed by atoms with Crippen LogP contribution in [0.3, 0.4) is 0 Å². The molecule has 0 unspecified atom stereocenters. The average molecular weight is 336 g/mol. The molecule has 2 aromatic rings. The lowest BCUT2D eigenvalue weighted by Crippen LogP contribution is -2.39. The number of benzene rings is 1. The Morgan fingerprint density at radius 1 is 1.17 bits per heavy atom. The van der Waals surface area contributed by atoms with Crippen LogP contribution in [-0.4, -0.2) is 60.9 Å². The molecular formula is C16H18ClN3O3. The van der Waals surface area contributed by atoms with Crippen LogP contribution in [0.1, 0.15) is 0 Å². The molecule has 0 radical (unpaired) electrons. The summed E-state index contributed by atoms with van der Waals surface area (Å²) in [5.74, 6) is 0.0318. The fraction of sp³-hybridized carbons (Fsp3) is 0.312. The third-order valence-corrected chi connectivity index (χ3v) is 3.66. The molecule has 0 atom stereocenters. The van der Waals surface area contributed by atoms with Crippen molar-refractivity contribution < 1.29 is 14.3 Å². The topological polar surface area (TPSA) is 62.7 Å². The molecule has 1 heterocycles. The number of halogens is 1. The molecule has 2 amide bonds. The van der Waals surface area contributed by atoms with Crippen molar-refractivity contribution in [2.24, 2.45) is 0 Å². The van der Waals surface area contributed by atoms with Crippen molar-refractivity contribution in [3.63, 3.8) is 0 Å². The van der Waals surface area contributed by atoms with Crippen molar-refractivity contribution in [2.75, 3.05) is 34.3 Å². The number of pyridine rings is 1. The largest absolute Gasteiger partial charge is 0.481 e. The van der Waals surface area contributed by atoms with Crippen LogP contribution in [0.15, 0.2) is 30.5 Å². The fourth-order valence-corrected chi connectivity index (χ4v) is 2.13. The first-order chi connectivity index (χ1) is 10.9. The molecule has 0 bridgehead atoms. The Hall–Kier alpha value is -2.34. The first kappa shape index (κ1) is 17.0. The van der Waals surface area contributed by atoms with Gasteiger partial charge in [0.25, 0.3) is 5.91 Å². The van der Waals surface area contributed by atoms with E-state index < -0.39 is 0 Å². The van der Waals surface area contributed by atoms with Gasteiger partial charge in [-0.05, 0) is 24.3 Å². The lowest BCUT2D eigenvalue weighted by Gasteiger charge is -2.19. The third kappa shape index (κ3) is 4.10. The van der Waals surface area contributed by atoms with Crippen LogP contribution >= 0.6 is 11.6 Å². The van der Waals surface area contributed by atoms with Crippen LogP contribution in [0.2, 0.25) is 5.02 Å². The minimum absolute atomic E-state index is 0.00874. The number of hydrogen-bond acceptors (Lipinski definition) is 4. The predicted molar refractivity (Wildman–Crippen MR) is 88.6 cm³/mol. The van der Waals surface area contributed by atoms with Crippen molar-refractivity contribution in [2.45, 2.75) is 0 Å². The molecule has 0 fully saturated rings. The number of likely N-dealkylation sites (N-methyl/N-ethyl adjacent to an activating group) is 2. The van der Waals surface area contributed by atoms with Gasteiger partial charge >= 0.3 is 0 Å². The number of carbonyl (C=O) groups excluding carboxylic acids is 2. The first-order valence-corrected chi connectivity index (χ1v) is 7.38. The van der Waals surface area contributed by atoms with Gasteiger partial charge in [-0.1, -0.05) is 11.6 Å². The van der Waals surface area contributed by atoms with E-state index in [9.17, 15) is 9.59 Å². The second-order valence-electron chi connectivity index (χ2n) is 5.27. The zero-order chi connectivity index (χ0) is 17.0. The molecule has 1 aromatic heterocycles. The van der Waals surface area contributed by atoms with Crippen molar-refractivity contribution >= 4 is 34.3 Å². The number of aromatic nitrogens is 1. The number of hydrogen-bond donors (Lipinski definition) is 0. The number of ether oxygens (including phenoxy) is 1. The monoisotopic (exact) mass is 335 g/mol. The molecule has 6 nitrogen and oxygen atoms in total. The van der Waals surface area contributed by atoms with Gasteiger partial charge in [0.2, 0.25) is 5.91 Å². The van der Waals surface area contributed by atoms with E-state index in [0.29, 0.717) is 16.3 Å². The summed E-state index contributed by atoms with van der Waals surface area (Å²) in [6.45, 7) is -0.167. The summed E-state index contributed by atoms with van der Waals surface area (Å²) < 4.78 is 5.56. The number of nitrogens with zero attached hydrogens (tertiary/aromatic N) is 3. The maximum atomic E-state index is 12.1. The molecule has 0 N–H and O–H groups in total. The first-order valence-electron chi connectivity index (χ1n) is 7.00. The Morgan fingerprint density at radius 2 is 1.91 bits per heavy atom. The summed E-state index contributed by atoms with van der Waals surface area (Å²) in [6, 6.07) is 6.99. The zero-order valence-electron chi connectivity index (χ0n) is 13.2. The number of amides is 2. The number of fused-ring (bicyclic) bond motifs is 1. The molecule has 23 heavy (non-hydrogen) atoms.